The van der Waals surface area contributed by atoms with Crippen LogP contribution >= 0.6 is 22.2 Å². The van der Waals surface area contributed by atoms with Gasteiger partial charge in [0.15, 0.2) is 29.1 Å². The second-order valence-electron chi connectivity index (χ2n) is 3.30. The monoisotopic (exact) mass is 348 g/mol. The number of halogens is 10. The fraction of sp³-hybridized carbons (Fsp3) is 0.250. The van der Waals surface area contributed by atoms with E-state index in [1.54, 1.807) is 0 Å². The van der Waals surface area contributed by atoms with Crippen molar-refractivity contribution in [3.05, 3.63) is 29.1 Å². The van der Waals surface area contributed by atoms with Crippen molar-refractivity contribution >= 4 is 34.0 Å². The maximum absolute atomic E-state index is 13.3. The van der Waals surface area contributed by atoms with E-state index in [-0.39, 0.29) is 0 Å². The molecule has 0 saturated heterocycles. The van der Waals surface area contributed by atoms with Gasteiger partial charge in [-0.05, 0) is 0 Å². The topological polar surface area (TPSA) is 0 Å². The Hall–Kier alpha value is -0.543. The third-order valence-electron chi connectivity index (χ3n) is 2.11. The molecule has 11 heteroatoms. The molecule has 19 heavy (non-hydrogen) atoms. The summed E-state index contributed by atoms with van der Waals surface area (Å²) in [6.45, 7) is -5.29. The van der Waals surface area contributed by atoms with E-state index in [1.807, 2.05) is 0 Å². The molecular formula is C8H2Cl2F8Si. The summed E-state index contributed by atoms with van der Waals surface area (Å²) in [5.41, 5.74) is 0. The lowest BCUT2D eigenvalue weighted by molar-refractivity contribution is 0.0885. The van der Waals surface area contributed by atoms with Crippen molar-refractivity contribution in [2.45, 2.75) is 12.2 Å². The van der Waals surface area contributed by atoms with Crippen molar-refractivity contribution in [3.8, 4) is 0 Å². The Balaban J connectivity index is 3.60. The Labute approximate surface area is 111 Å². The number of benzene rings is 1. The van der Waals surface area contributed by atoms with Gasteiger partial charge in [0, 0.05) is 0 Å². The lowest BCUT2D eigenvalue weighted by Crippen LogP contribution is -2.53. The fourth-order valence-corrected chi connectivity index (χ4v) is 4.16. The zero-order valence-electron chi connectivity index (χ0n) is 8.43. The van der Waals surface area contributed by atoms with E-state index in [2.05, 4.69) is 0 Å². The molecule has 0 aromatic heterocycles. The van der Waals surface area contributed by atoms with Crippen LogP contribution in [0.2, 0.25) is 0 Å². The molecule has 1 unspecified atom stereocenters. The van der Waals surface area contributed by atoms with Crippen LogP contribution in [0.1, 0.15) is 0 Å². The van der Waals surface area contributed by atoms with Gasteiger partial charge < -0.3 is 0 Å². The minimum absolute atomic E-state index is 1.93. The maximum Gasteiger partial charge on any atom is 0.326 e. The SMILES string of the molecule is Fc1c(F)c(F)c([Si](Cl)(Cl)C(F)C(F)F)c(F)c1F. The molecule has 0 N–H and O–H groups in total. The van der Waals surface area contributed by atoms with E-state index in [9.17, 15) is 35.1 Å². The summed E-state index contributed by atoms with van der Waals surface area (Å²) in [6, 6.07) is 0. The van der Waals surface area contributed by atoms with E-state index < -0.39 is 53.2 Å². The molecule has 1 rings (SSSR count). The van der Waals surface area contributed by atoms with E-state index >= 15 is 0 Å². The molecule has 0 heterocycles. The summed E-state index contributed by atoms with van der Waals surface area (Å²) in [6.07, 6.45) is -3.84. The molecule has 0 bridgehead atoms. The molecule has 108 valence electrons. The predicted octanol–water partition coefficient (Wildman–Crippen LogP) is 3.65. The van der Waals surface area contributed by atoms with E-state index in [0.717, 1.165) is 0 Å². The average Bonchev–Trinajstić information content (AvgIpc) is 2.32. The second-order valence-corrected chi connectivity index (χ2v) is 9.76. The highest BCUT2D eigenvalue weighted by Gasteiger charge is 2.52. The lowest BCUT2D eigenvalue weighted by Gasteiger charge is -2.22. The molecule has 0 fully saturated rings. The summed E-state index contributed by atoms with van der Waals surface area (Å²) >= 11 is 10.3. The van der Waals surface area contributed by atoms with Crippen molar-refractivity contribution in [2.75, 3.05) is 0 Å². The molecular weight excluding hydrogens is 347 g/mol. The molecule has 1 atom stereocenters. The van der Waals surface area contributed by atoms with Crippen LogP contribution in [0, 0.1) is 29.1 Å². The van der Waals surface area contributed by atoms with E-state index in [1.165, 1.54) is 0 Å². The Kier molecular flexibility index (Phi) is 4.73. The van der Waals surface area contributed by atoms with Crippen molar-refractivity contribution in [2.24, 2.45) is 0 Å². The standard InChI is InChI=1S/C8H2Cl2F8Si/c9-19(10,8(18)7(16)17)6-4(14)2(12)1(11)3(13)5(6)15/h7-8H. The third kappa shape index (κ3) is 2.68. The molecule has 0 radical (unpaired) electrons. The van der Waals surface area contributed by atoms with Crippen LogP contribution in [0.5, 0.6) is 0 Å². The van der Waals surface area contributed by atoms with Gasteiger partial charge in [0.05, 0.1) is 5.19 Å². The van der Waals surface area contributed by atoms with Gasteiger partial charge in [-0.1, -0.05) is 0 Å². The first-order valence-electron chi connectivity index (χ1n) is 4.35. The van der Waals surface area contributed by atoms with Crippen molar-refractivity contribution in [1.29, 1.82) is 0 Å². The van der Waals surface area contributed by atoms with Gasteiger partial charge in [0.25, 0.3) is 6.43 Å². The Bertz CT molecular complexity index is 477. The summed E-state index contributed by atoms with van der Waals surface area (Å²) in [4.78, 5) is 0. The largest absolute Gasteiger partial charge is 0.326 e. The second kappa shape index (κ2) is 5.45. The quantitative estimate of drug-likeness (QED) is 0.257. The van der Waals surface area contributed by atoms with E-state index in [4.69, 9.17) is 22.2 Å². The van der Waals surface area contributed by atoms with Gasteiger partial charge in [-0.3, -0.25) is 0 Å². The zero-order valence-corrected chi connectivity index (χ0v) is 10.9. The van der Waals surface area contributed by atoms with Crippen LogP contribution in [-0.4, -0.2) is 18.9 Å². The van der Waals surface area contributed by atoms with Crippen LogP contribution in [0.4, 0.5) is 35.1 Å². The van der Waals surface area contributed by atoms with Crippen LogP contribution in [-0.2, 0) is 0 Å². The lowest BCUT2D eigenvalue weighted by atomic mass is 10.3. The van der Waals surface area contributed by atoms with Crippen LogP contribution < -0.4 is 5.19 Å². The van der Waals surface area contributed by atoms with E-state index in [0.29, 0.717) is 0 Å². The molecule has 0 saturated carbocycles. The highest BCUT2D eigenvalue weighted by molar-refractivity contribution is 7.51. The zero-order chi connectivity index (χ0) is 15.1. The number of hydrogen-bond acceptors (Lipinski definition) is 0. The van der Waals surface area contributed by atoms with Crippen molar-refractivity contribution in [3.63, 3.8) is 0 Å². The first-order chi connectivity index (χ1) is 8.53. The summed E-state index contributed by atoms with van der Waals surface area (Å²) in [7, 11) is 0. The van der Waals surface area contributed by atoms with Crippen LogP contribution in [0.3, 0.4) is 0 Å². The van der Waals surface area contributed by atoms with Gasteiger partial charge in [0.2, 0.25) is 5.82 Å². The Morgan fingerprint density at radius 1 is 0.684 bits per heavy atom. The smallest absolute Gasteiger partial charge is 0.242 e. The van der Waals surface area contributed by atoms with Crippen LogP contribution in [0.15, 0.2) is 0 Å². The average molecular weight is 349 g/mol. The number of rotatable bonds is 3. The highest BCUT2D eigenvalue weighted by atomic mass is 35.7. The summed E-state index contributed by atoms with van der Waals surface area (Å²) in [5.74, 6) is -15.9. The van der Waals surface area contributed by atoms with Gasteiger partial charge in [-0.2, -0.15) is 0 Å². The first kappa shape index (κ1) is 16.5. The summed E-state index contributed by atoms with van der Waals surface area (Å²) in [5, 5.41) is -1.93. The number of hydrogen-bond donors (Lipinski definition) is 0. The molecule has 0 aliphatic carbocycles. The number of alkyl halides is 3. The highest BCUT2D eigenvalue weighted by Crippen LogP contribution is 2.30. The van der Waals surface area contributed by atoms with Gasteiger partial charge in [-0.25, -0.2) is 35.1 Å². The van der Waals surface area contributed by atoms with Crippen molar-refractivity contribution < 1.29 is 35.1 Å². The minimum atomic E-state index is -5.29. The van der Waals surface area contributed by atoms with Gasteiger partial charge in [0.1, 0.15) is 0 Å². The Morgan fingerprint density at radius 3 is 1.32 bits per heavy atom. The molecule has 1 aromatic carbocycles. The van der Waals surface area contributed by atoms with Crippen molar-refractivity contribution in [1.82, 2.24) is 0 Å². The third-order valence-corrected chi connectivity index (χ3v) is 6.55. The minimum Gasteiger partial charge on any atom is -0.242 e. The molecule has 0 aliphatic rings. The summed E-state index contributed by atoms with van der Waals surface area (Å²) < 4.78 is 102. The predicted molar refractivity (Wildman–Crippen MR) is 54.2 cm³/mol. The molecule has 0 aliphatic heterocycles. The fourth-order valence-electron chi connectivity index (χ4n) is 1.19. The molecule has 0 nitrogen and oxygen atoms in total. The van der Waals surface area contributed by atoms with Gasteiger partial charge >= 0.3 is 6.69 Å². The van der Waals surface area contributed by atoms with Crippen LogP contribution in [0.25, 0.3) is 0 Å². The molecule has 1 aromatic rings. The normalized spacial score (nSPS) is 14.1. The maximum atomic E-state index is 13.3. The Morgan fingerprint density at radius 2 is 1.00 bits per heavy atom. The molecule has 0 amide bonds. The first-order valence-corrected chi connectivity index (χ1v) is 8.45. The van der Waals surface area contributed by atoms with Gasteiger partial charge in [-0.15, -0.1) is 22.2 Å². The molecule has 0 spiro atoms.